The predicted octanol–water partition coefficient (Wildman–Crippen LogP) is -0.974. The predicted molar refractivity (Wildman–Crippen MR) is 58.6 cm³/mol. The van der Waals surface area contributed by atoms with Crippen molar-refractivity contribution in [2.24, 2.45) is 0 Å². The van der Waals surface area contributed by atoms with Crippen LogP contribution in [0.25, 0.3) is 0 Å². The lowest BCUT2D eigenvalue weighted by Gasteiger charge is -2.18. The van der Waals surface area contributed by atoms with Crippen LogP contribution in [0, 0.1) is 0 Å². The zero-order chi connectivity index (χ0) is 13.4. The Hall–Kier alpha value is -1.18. The van der Waals surface area contributed by atoms with Gasteiger partial charge >= 0.3 is 11.9 Å². The molecule has 1 rings (SSSR count). The molecule has 100 valence electrons. The highest BCUT2D eigenvalue weighted by Crippen LogP contribution is 2.04. The van der Waals surface area contributed by atoms with Crippen molar-refractivity contribution in [2.45, 2.75) is 44.4 Å². The van der Waals surface area contributed by atoms with Crippen molar-refractivity contribution in [2.75, 3.05) is 6.54 Å². The second-order valence-electron chi connectivity index (χ2n) is 3.92. The van der Waals surface area contributed by atoms with Crippen molar-refractivity contribution in [3.8, 4) is 0 Å². The molecular weight excluding hydrogens is 230 g/mol. The second-order valence-corrected chi connectivity index (χ2v) is 3.92. The van der Waals surface area contributed by atoms with Crippen LogP contribution in [-0.2, 0) is 9.59 Å². The lowest BCUT2D eigenvalue weighted by atomic mass is 10.1. The van der Waals surface area contributed by atoms with Gasteiger partial charge in [0.05, 0.1) is 0 Å². The molecular formula is C10H19NO6. The maximum absolute atomic E-state index is 9.77. The van der Waals surface area contributed by atoms with E-state index in [2.05, 4.69) is 12.2 Å². The van der Waals surface area contributed by atoms with Gasteiger partial charge in [-0.3, -0.25) is 0 Å². The molecule has 1 fully saturated rings. The average molecular weight is 249 g/mol. The van der Waals surface area contributed by atoms with Gasteiger partial charge in [-0.1, -0.05) is 6.42 Å². The molecule has 7 heteroatoms. The molecule has 0 aromatic rings. The normalized spacial score (nSPS) is 22.9. The number of hydrogen-bond acceptors (Lipinski definition) is 5. The first kappa shape index (κ1) is 15.8. The SMILES string of the molecule is CC1CCCCN1.O=C(O)[C@H](O)[C@@H](O)C(=O)O. The second kappa shape index (κ2) is 7.99. The minimum atomic E-state index is -2.27. The lowest BCUT2D eigenvalue weighted by Crippen LogP contribution is -2.39. The Bertz CT molecular complexity index is 233. The molecule has 0 aromatic carbocycles. The summed E-state index contributed by atoms with van der Waals surface area (Å²) in [5, 5.41) is 35.9. The third-order valence-electron chi connectivity index (χ3n) is 2.36. The Morgan fingerprint density at radius 2 is 1.59 bits per heavy atom. The first-order valence-corrected chi connectivity index (χ1v) is 5.41. The number of rotatable bonds is 3. The summed E-state index contributed by atoms with van der Waals surface area (Å²) in [6.45, 7) is 3.49. The lowest BCUT2D eigenvalue weighted by molar-refractivity contribution is -0.165. The van der Waals surface area contributed by atoms with Crippen LogP contribution in [0.2, 0.25) is 0 Å². The Balaban J connectivity index is 0.000000318. The van der Waals surface area contributed by atoms with Crippen LogP contribution >= 0.6 is 0 Å². The number of nitrogens with one attached hydrogen (secondary N) is 1. The van der Waals surface area contributed by atoms with Gasteiger partial charge in [0, 0.05) is 6.04 Å². The zero-order valence-electron chi connectivity index (χ0n) is 9.67. The largest absolute Gasteiger partial charge is 0.479 e. The molecule has 7 nitrogen and oxygen atoms in total. The topological polar surface area (TPSA) is 127 Å². The molecule has 0 bridgehead atoms. The number of aliphatic carboxylic acids is 2. The quantitative estimate of drug-likeness (QED) is 0.435. The Morgan fingerprint density at radius 3 is 1.76 bits per heavy atom. The van der Waals surface area contributed by atoms with Crippen molar-refractivity contribution >= 4 is 11.9 Å². The number of carbonyl (C=O) groups is 2. The summed E-state index contributed by atoms with van der Waals surface area (Å²) in [6, 6.07) is 0.786. The summed E-state index contributed by atoms with van der Waals surface area (Å²) in [5.41, 5.74) is 0. The van der Waals surface area contributed by atoms with E-state index < -0.39 is 24.1 Å². The van der Waals surface area contributed by atoms with Gasteiger partial charge in [-0.2, -0.15) is 0 Å². The minimum absolute atomic E-state index is 0.786. The number of carboxylic acid groups (broad SMARTS) is 2. The van der Waals surface area contributed by atoms with Gasteiger partial charge in [-0.15, -0.1) is 0 Å². The number of aliphatic hydroxyl groups is 2. The zero-order valence-corrected chi connectivity index (χ0v) is 9.67. The molecule has 1 unspecified atom stereocenters. The molecule has 0 radical (unpaired) electrons. The first-order chi connectivity index (χ1) is 7.86. The maximum Gasteiger partial charge on any atom is 0.335 e. The number of piperidine rings is 1. The standard InChI is InChI=1S/C6H13N.C4H6O6/c1-6-4-2-3-5-7-6;5-1(3(7)8)2(6)4(9)10/h6-7H,2-5H2,1H3;1-2,5-6H,(H,7,8)(H,9,10)/t;1-,2-/m.1/s1. The van der Waals surface area contributed by atoms with Crippen LogP contribution < -0.4 is 5.32 Å². The third kappa shape index (κ3) is 6.88. The van der Waals surface area contributed by atoms with Gasteiger partial charge in [0.15, 0.2) is 12.2 Å². The van der Waals surface area contributed by atoms with E-state index in [4.69, 9.17) is 20.4 Å². The molecule has 0 aromatic heterocycles. The van der Waals surface area contributed by atoms with E-state index in [0.29, 0.717) is 0 Å². The van der Waals surface area contributed by atoms with Crippen molar-refractivity contribution in [1.29, 1.82) is 0 Å². The summed E-state index contributed by atoms with van der Waals surface area (Å²) in [5.74, 6) is -3.54. The molecule has 1 aliphatic heterocycles. The van der Waals surface area contributed by atoms with Crippen LogP contribution in [0.1, 0.15) is 26.2 Å². The molecule has 3 atom stereocenters. The van der Waals surface area contributed by atoms with Crippen molar-refractivity contribution < 1.29 is 30.0 Å². The molecule has 1 heterocycles. The maximum atomic E-state index is 9.77. The highest BCUT2D eigenvalue weighted by molar-refractivity contribution is 5.83. The van der Waals surface area contributed by atoms with Crippen LogP contribution in [-0.4, -0.2) is 57.2 Å². The average Bonchev–Trinajstić information content (AvgIpc) is 2.28. The first-order valence-electron chi connectivity index (χ1n) is 5.41. The van der Waals surface area contributed by atoms with Gasteiger partial charge in [-0.25, -0.2) is 9.59 Å². The summed E-state index contributed by atoms with van der Waals surface area (Å²) in [6.07, 6.45) is -0.353. The van der Waals surface area contributed by atoms with E-state index in [1.165, 1.54) is 25.8 Å². The fraction of sp³-hybridized carbons (Fsp3) is 0.800. The van der Waals surface area contributed by atoms with Gasteiger partial charge in [0.1, 0.15) is 0 Å². The molecule has 0 spiro atoms. The Morgan fingerprint density at radius 1 is 1.12 bits per heavy atom. The van der Waals surface area contributed by atoms with Crippen LogP contribution in [0.3, 0.4) is 0 Å². The van der Waals surface area contributed by atoms with Gasteiger partial charge in [0.25, 0.3) is 0 Å². The van der Waals surface area contributed by atoms with Crippen LogP contribution in [0.15, 0.2) is 0 Å². The van der Waals surface area contributed by atoms with Gasteiger partial charge in [0.2, 0.25) is 0 Å². The molecule has 0 aliphatic carbocycles. The van der Waals surface area contributed by atoms with Crippen molar-refractivity contribution in [3.63, 3.8) is 0 Å². The van der Waals surface area contributed by atoms with E-state index in [9.17, 15) is 9.59 Å². The third-order valence-corrected chi connectivity index (χ3v) is 2.36. The molecule has 1 saturated heterocycles. The Labute approximate surface area is 99.1 Å². The van der Waals surface area contributed by atoms with E-state index >= 15 is 0 Å². The molecule has 1 aliphatic rings. The molecule has 17 heavy (non-hydrogen) atoms. The van der Waals surface area contributed by atoms with E-state index in [0.717, 1.165) is 6.04 Å². The van der Waals surface area contributed by atoms with Crippen LogP contribution in [0.5, 0.6) is 0 Å². The monoisotopic (exact) mass is 249 g/mol. The van der Waals surface area contributed by atoms with Crippen molar-refractivity contribution in [3.05, 3.63) is 0 Å². The minimum Gasteiger partial charge on any atom is -0.479 e. The summed E-state index contributed by atoms with van der Waals surface area (Å²) in [7, 11) is 0. The van der Waals surface area contributed by atoms with Gasteiger partial charge < -0.3 is 25.7 Å². The fourth-order valence-electron chi connectivity index (χ4n) is 1.30. The fourth-order valence-corrected chi connectivity index (χ4v) is 1.30. The smallest absolute Gasteiger partial charge is 0.335 e. The van der Waals surface area contributed by atoms with Crippen LogP contribution in [0.4, 0.5) is 0 Å². The van der Waals surface area contributed by atoms with E-state index in [1.807, 2.05) is 0 Å². The van der Waals surface area contributed by atoms with Gasteiger partial charge in [-0.05, 0) is 26.3 Å². The molecule has 0 saturated carbocycles. The van der Waals surface area contributed by atoms with Crippen molar-refractivity contribution in [1.82, 2.24) is 5.32 Å². The highest BCUT2D eigenvalue weighted by atomic mass is 16.4. The van der Waals surface area contributed by atoms with E-state index in [-0.39, 0.29) is 0 Å². The molecule has 5 N–H and O–H groups in total. The Kier molecular flexibility index (Phi) is 7.44. The number of hydrogen-bond donors (Lipinski definition) is 5. The summed E-state index contributed by atoms with van der Waals surface area (Å²) >= 11 is 0. The summed E-state index contributed by atoms with van der Waals surface area (Å²) < 4.78 is 0. The number of carboxylic acids is 2. The highest BCUT2D eigenvalue weighted by Gasteiger charge is 2.29. The van der Waals surface area contributed by atoms with E-state index in [1.54, 1.807) is 0 Å². The molecule has 0 amide bonds. The summed E-state index contributed by atoms with van der Waals surface area (Å²) in [4.78, 5) is 19.5. The number of aliphatic hydroxyl groups excluding tert-OH is 2.